The highest BCUT2D eigenvalue weighted by Crippen LogP contribution is 2.24. The lowest BCUT2D eigenvalue weighted by atomic mass is 10.1. The Kier molecular flexibility index (Phi) is 3.73. The first-order chi connectivity index (χ1) is 10.3. The molecule has 1 N–H and O–H groups in total. The third kappa shape index (κ3) is 2.82. The summed E-state index contributed by atoms with van der Waals surface area (Å²) in [6.45, 7) is 2.81. The van der Waals surface area contributed by atoms with Gasteiger partial charge in [-0.1, -0.05) is 29.8 Å². The van der Waals surface area contributed by atoms with Crippen LogP contribution in [-0.4, -0.2) is 12.1 Å². The molecule has 0 unspecified atom stereocenters. The molecular formula is C18H18N2O. The Morgan fingerprint density at radius 1 is 1.10 bits per heavy atom. The molecule has 0 aliphatic rings. The Morgan fingerprint density at radius 3 is 2.81 bits per heavy atom. The standard InChI is InChI=1S/C18H18N2O/c1-13-7-8-16-15(11-13)17(9-10-19-16)20-12-14-5-3-4-6-18(14)21-2/h3-11H,12H2,1-2H3,(H,19,20). The van der Waals surface area contributed by atoms with E-state index in [2.05, 4.69) is 41.5 Å². The topological polar surface area (TPSA) is 34.1 Å². The van der Waals surface area contributed by atoms with Crippen molar-refractivity contribution in [2.24, 2.45) is 0 Å². The molecule has 0 saturated carbocycles. The summed E-state index contributed by atoms with van der Waals surface area (Å²) in [6.07, 6.45) is 1.84. The van der Waals surface area contributed by atoms with Gasteiger partial charge in [-0.05, 0) is 31.2 Å². The zero-order valence-corrected chi connectivity index (χ0v) is 12.3. The van der Waals surface area contributed by atoms with Gasteiger partial charge >= 0.3 is 0 Å². The third-order valence-corrected chi connectivity index (χ3v) is 3.56. The van der Waals surface area contributed by atoms with E-state index in [9.17, 15) is 0 Å². The number of hydrogen-bond acceptors (Lipinski definition) is 3. The molecule has 0 spiro atoms. The fourth-order valence-electron chi connectivity index (χ4n) is 2.45. The summed E-state index contributed by atoms with van der Waals surface area (Å²) in [6, 6.07) is 16.4. The summed E-state index contributed by atoms with van der Waals surface area (Å²) in [7, 11) is 1.70. The molecule has 0 amide bonds. The molecule has 1 heterocycles. The first-order valence-electron chi connectivity index (χ1n) is 6.99. The fraction of sp³-hybridized carbons (Fsp3) is 0.167. The molecular weight excluding hydrogens is 260 g/mol. The van der Waals surface area contributed by atoms with Gasteiger partial charge in [-0.15, -0.1) is 0 Å². The van der Waals surface area contributed by atoms with Crippen molar-refractivity contribution in [1.29, 1.82) is 0 Å². The second-order valence-corrected chi connectivity index (χ2v) is 5.04. The number of hydrogen-bond donors (Lipinski definition) is 1. The maximum absolute atomic E-state index is 5.39. The number of methoxy groups -OCH3 is 1. The number of aromatic nitrogens is 1. The van der Waals surface area contributed by atoms with Gasteiger partial charge in [0.25, 0.3) is 0 Å². The molecule has 106 valence electrons. The Hall–Kier alpha value is -2.55. The van der Waals surface area contributed by atoms with Crippen LogP contribution in [0.1, 0.15) is 11.1 Å². The van der Waals surface area contributed by atoms with Crippen molar-refractivity contribution in [3.8, 4) is 5.75 Å². The van der Waals surface area contributed by atoms with E-state index in [0.29, 0.717) is 0 Å². The summed E-state index contributed by atoms with van der Waals surface area (Å²) >= 11 is 0. The van der Waals surface area contributed by atoms with Crippen LogP contribution >= 0.6 is 0 Å². The van der Waals surface area contributed by atoms with Crippen LogP contribution in [0.3, 0.4) is 0 Å². The average molecular weight is 278 g/mol. The number of para-hydroxylation sites is 1. The van der Waals surface area contributed by atoms with Crippen LogP contribution in [0.5, 0.6) is 5.75 Å². The number of benzene rings is 2. The number of rotatable bonds is 4. The smallest absolute Gasteiger partial charge is 0.123 e. The summed E-state index contributed by atoms with van der Waals surface area (Å²) < 4.78 is 5.39. The van der Waals surface area contributed by atoms with Gasteiger partial charge in [-0.3, -0.25) is 4.98 Å². The van der Waals surface area contributed by atoms with E-state index in [1.807, 2.05) is 30.5 Å². The van der Waals surface area contributed by atoms with Crippen LogP contribution in [0.4, 0.5) is 5.69 Å². The molecule has 3 rings (SSSR count). The SMILES string of the molecule is COc1ccccc1CNc1ccnc2ccc(C)cc12. The summed E-state index contributed by atoms with van der Waals surface area (Å²) in [4.78, 5) is 4.41. The van der Waals surface area contributed by atoms with Gasteiger partial charge in [0.05, 0.1) is 12.6 Å². The first-order valence-corrected chi connectivity index (χ1v) is 6.99. The minimum Gasteiger partial charge on any atom is -0.496 e. The van der Waals surface area contributed by atoms with Crippen molar-refractivity contribution in [2.45, 2.75) is 13.5 Å². The molecule has 0 bridgehead atoms. The van der Waals surface area contributed by atoms with Crippen LogP contribution in [0.15, 0.2) is 54.7 Å². The minimum absolute atomic E-state index is 0.719. The Labute approximate surface area is 124 Å². The lowest BCUT2D eigenvalue weighted by Crippen LogP contribution is -2.02. The quantitative estimate of drug-likeness (QED) is 0.778. The second-order valence-electron chi connectivity index (χ2n) is 5.04. The van der Waals surface area contributed by atoms with Crippen molar-refractivity contribution in [2.75, 3.05) is 12.4 Å². The van der Waals surface area contributed by atoms with E-state index in [0.717, 1.165) is 34.4 Å². The molecule has 0 radical (unpaired) electrons. The maximum Gasteiger partial charge on any atom is 0.123 e. The lowest BCUT2D eigenvalue weighted by molar-refractivity contribution is 0.410. The number of fused-ring (bicyclic) bond motifs is 1. The molecule has 0 aliphatic carbocycles. The molecule has 3 heteroatoms. The van der Waals surface area contributed by atoms with Gasteiger partial charge in [0.15, 0.2) is 0 Å². The van der Waals surface area contributed by atoms with Gasteiger partial charge < -0.3 is 10.1 Å². The normalized spacial score (nSPS) is 10.6. The highest BCUT2D eigenvalue weighted by Gasteiger charge is 2.04. The van der Waals surface area contributed by atoms with Crippen molar-refractivity contribution in [1.82, 2.24) is 4.98 Å². The minimum atomic E-state index is 0.719. The Balaban J connectivity index is 1.90. The van der Waals surface area contributed by atoms with E-state index in [-0.39, 0.29) is 0 Å². The third-order valence-electron chi connectivity index (χ3n) is 3.56. The van der Waals surface area contributed by atoms with Gasteiger partial charge in [0.2, 0.25) is 0 Å². The Bertz CT molecular complexity index is 768. The molecule has 21 heavy (non-hydrogen) atoms. The van der Waals surface area contributed by atoms with E-state index in [1.165, 1.54) is 5.56 Å². The summed E-state index contributed by atoms with van der Waals surface area (Å²) in [5.41, 5.74) is 4.47. The van der Waals surface area contributed by atoms with Crippen LogP contribution < -0.4 is 10.1 Å². The highest BCUT2D eigenvalue weighted by atomic mass is 16.5. The zero-order chi connectivity index (χ0) is 14.7. The maximum atomic E-state index is 5.39. The number of pyridine rings is 1. The van der Waals surface area contributed by atoms with E-state index in [1.54, 1.807) is 7.11 Å². The molecule has 3 nitrogen and oxygen atoms in total. The largest absolute Gasteiger partial charge is 0.496 e. The van der Waals surface area contributed by atoms with E-state index < -0.39 is 0 Å². The predicted octanol–water partition coefficient (Wildman–Crippen LogP) is 4.16. The summed E-state index contributed by atoms with van der Waals surface area (Å²) in [5.74, 6) is 0.902. The van der Waals surface area contributed by atoms with Crippen LogP contribution in [0.2, 0.25) is 0 Å². The summed E-state index contributed by atoms with van der Waals surface area (Å²) in [5, 5.41) is 4.63. The molecule has 0 aliphatic heterocycles. The molecule has 0 fully saturated rings. The number of aryl methyl sites for hydroxylation is 1. The van der Waals surface area contributed by atoms with E-state index in [4.69, 9.17) is 4.74 Å². The monoisotopic (exact) mass is 278 g/mol. The lowest BCUT2D eigenvalue weighted by Gasteiger charge is -2.12. The molecule has 1 aromatic heterocycles. The van der Waals surface area contributed by atoms with Gasteiger partial charge in [-0.2, -0.15) is 0 Å². The van der Waals surface area contributed by atoms with Crippen molar-refractivity contribution < 1.29 is 4.74 Å². The van der Waals surface area contributed by atoms with Gasteiger partial charge in [-0.25, -0.2) is 0 Å². The molecule has 2 aromatic carbocycles. The number of nitrogens with one attached hydrogen (secondary N) is 1. The average Bonchev–Trinajstić information content (AvgIpc) is 2.53. The Morgan fingerprint density at radius 2 is 1.95 bits per heavy atom. The van der Waals surface area contributed by atoms with Gasteiger partial charge in [0, 0.05) is 29.4 Å². The van der Waals surface area contributed by atoms with Crippen molar-refractivity contribution in [3.63, 3.8) is 0 Å². The van der Waals surface area contributed by atoms with Crippen molar-refractivity contribution >= 4 is 16.6 Å². The molecule has 0 atom stereocenters. The van der Waals surface area contributed by atoms with Crippen LogP contribution in [-0.2, 0) is 6.54 Å². The number of nitrogens with zero attached hydrogens (tertiary/aromatic N) is 1. The van der Waals surface area contributed by atoms with Crippen LogP contribution in [0, 0.1) is 6.92 Å². The van der Waals surface area contributed by atoms with E-state index >= 15 is 0 Å². The first kappa shape index (κ1) is 13.4. The number of ether oxygens (including phenoxy) is 1. The zero-order valence-electron chi connectivity index (χ0n) is 12.3. The highest BCUT2D eigenvalue weighted by molar-refractivity contribution is 5.91. The molecule has 0 saturated heterocycles. The second kappa shape index (κ2) is 5.83. The van der Waals surface area contributed by atoms with Gasteiger partial charge in [0.1, 0.15) is 5.75 Å². The van der Waals surface area contributed by atoms with Crippen LogP contribution in [0.25, 0.3) is 10.9 Å². The fourth-order valence-corrected chi connectivity index (χ4v) is 2.45. The predicted molar refractivity (Wildman–Crippen MR) is 86.8 cm³/mol. The number of anilines is 1. The molecule has 3 aromatic rings. The van der Waals surface area contributed by atoms with Crippen molar-refractivity contribution in [3.05, 3.63) is 65.9 Å².